The topological polar surface area (TPSA) is 12.0 Å². The minimum absolute atomic E-state index is 0.289. The van der Waals surface area contributed by atoms with E-state index in [4.69, 9.17) is 12.2 Å². The largest absolute Gasteiger partial charge is 0.359 e. The molecule has 1 unspecified atom stereocenters. The van der Waals surface area contributed by atoms with Crippen molar-refractivity contribution in [2.45, 2.75) is 5.37 Å². The number of thioether (sulfide) groups is 1. The molecule has 1 nitrogen and oxygen atoms in total. The number of hydrogen-bond acceptors (Lipinski definition) is 3. The quantitative estimate of drug-likeness (QED) is 0.394. The Hall–Kier alpha value is 0.590. The van der Waals surface area contributed by atoms with Crippen LogP contribution in [0.1, 0.15) is 0 Å². The summed E-state index contributed by atoms with van der Waals surface area (Å²) in [5, 5.41) is 3.26. The molecule has 0 aromatic rings. The van der Waals surface area contributed by atoms with E-state index < -0.39 is 0 Å². The molecule has 1 fully saturated rings. The highest BCUT2D eigenvalue weighted by atomic mass is 32.2. The zero-order valence-electron chi connectivity index (χ0n) is 3.55. The Kier molecular flexibility index (Phi) is 1.83. The third-order valence-electron chi connectivity index (χ3n) is 0.657. The van der Waals surface area contributed by atoms with Crippen molar-refractivity contribution in [3.05, 3.63) is 0 Å². The number of thiol groups is 1. The van der Waals surface area contributed by atoms with E-state index >= 15 is 0 Å². The van der Waals surface area contributed by atoms with Crippen molar-refractivity contribution in [1.82, 2.24) is 5.32 Å². The summed E-state index contributed by atoms with van der Waals surface area (Å²) in [4.78, 5) is 0. The highest BCUT2D eigenvalue weighted by Gasteiger charge is 2.13. The van der Waals surface area contributed by atoms with Gasteiger partial charge in [0.05, 0.1) is 5.37 Å². The summed E-state index contributed by atoms with van der Waals surface area (Å²) < 4.78 is 0.875. The van der Waals surface area contributed by atoms with Gasteiger partial charge in [-0.3, -0.25) is 0 Å². The molecule has 1 atom stereocenters. The lowest BCUT2D eigenvalue weighted by Crippen LogP contribution is -2.19. The molecular weight excluding hydrogens is 146 g/mol. The molecule has 0 saturated carbocycles. The molecule has 0 amide bonds. The highest BCUT2D eigenvalue weighted by Crippen LogP contribution is 2.14. The van der Waals surface area contributed by atoms with Gasteiger partial charge in [0.2, 0.25) is 0 Å². The molecule has 1 N–H and O–H groups in total. The van der Waals surface area contributed by atoms with Gasteiger partial charge < -0.3 is 5.32 Å². The molecule has 0 aromatic heterocycles. The lowest BCUT2D eigenvalue weighted by molar-refractivity contribution is 0.964. The van der Waals surface area contributed by atoms with Crippen molar-refractivity contribution in [3.63, 3.8) is 0 Å². The van der Waals surface area contributed by atoms with Gasteiger partial charge in [-0.15, -0.1) is 0 Å². The second-order valence-corrected chi connectivity index (χ2v) is 3.58. The smallest absolute Gasteiger partial charge is 0.134 e. The molecule has 1 aliphatic heterocycles. The molecule has 1 heterocycles. The van der Waals surface area contributed by atoms with Gasteiger partial charge in [-0.1, -0.05) is 24.0 Å². The minimum atomic E-state index is 0.289. The summed E-state index contributed by atoms with van der Waals surface area (Å²) in [7, 11) is 0. The standard InChI is InChI=1S/C3H5NS3/c5-2-1-7-3(6)4-2/h2,5H,1H2,(H,4,6). The molecule has 40 valence electrons. The van der Waals surface area contributed by atoms with E-state index in [1.54, 1.807) is 11.8 Å². The molecule has 1 saturated heterocycles. The molecule has 4 heteroatoms. The third-order valence-corrected chi connectivity index (χ3v) is 2.57. The average Bonchev–Trinajstić information content (AvgIpc) is 1.87. The lowest BCUT2D eigenvalue weighted by atomic mass is 10.8. The summed E-state index contributed by atoms with van der Waals surface area (Å²) in [6.45, 7) is 0. The summed E-state index contributed by atoms with van der Waals surface area (Å²) >= 11 is 10.6. The Morgan fingerprint density at radius 1 is 2.00 bits per heavy atom. The van der Waals surface area contributed by atoms with Gasteiger partial charge in [0.25, 0.3) is 0 Å². The Balaban J connectivity index is 2.40. The zero-order valence-corrected chi connectivity index (χ0v) is 6.08. The van der Waals surface area contributed by atoms with Crippen molar-refractivity contribution in [1.29, 1.82) is 0 Å². The monoisotopic (exact) mass is 151 g/mol. The first kappa shape index (κ1) is 5.72. The van der Waals surface area contributed by atoms with Crippen molar-refractivity contribution < 1.29 is 0 Å². The number of thiocarbonyl (C=S) groups is 1. The first-order chi connectivity index (χ1) is 3.29. The second kappa shape index (κ2) is 2.24. The van der Waals surface area contributed by atoms with Crippen LogP contribution in [0.25, 0.3) is 0 Å². The fraction of sp³-hybridized carbons (Fsp3) is 0.667. The van der Waals surface area contributed by atoms with Crippen molar-refractivity contribution >= 4 is 40.9 Å². The number of hydrogen-bond donors (Lipinski definition) is 2. The van der Waals surface area contributed by atoms with Gasteiger partial charge in [-0.05, 0) is 0 Å². The highest BCUT2D eigenvalue weighted by molar-refractivity contribution is 8.23. The van der Waals surface area contributed by atoms with Gasteiger partial charge in [0, 0.05) is 5.75 Å². The summed E-state index contributed by atoms with van der Waals surface area (Å²) in [5.74, 6) is 1.00. The van der Waals surface area contributed by atoms with Crippen LogP contribution in [0.5, 0.6) is 0 Å². The van der Waals surface area contributed by atoms with Crippen molar-refractivity contribution in [2.75, 3.05) is 5.75 Å². The first-order valence-corrected chi connectivity index (χ1v) is 3.81. The lowest BCUT2D eigenvalue weighted by Gasteiger charge is -1.95. The molecule has 0 bridgehead atoms. The maximum atomic E-state index is 4.80. The maximum Gasteiger partial charge on any atom is 0.134 e. The van der Waals surface area contributed by atoms with Gasteiger partial charge >= 0.3 is 0 Å². The van der Waals surface area contributed by atoms with Crippen LogP contribution in [0.2, 0.25) is 0 Å². The molecule has 0 radical (unpaired) electrons. The summed E-state index contributed by atoms with van der Waals surface area (Å²) in [6.07, 6.45) is 0. The number of nitrogens with one attached hydrogen (secondary N) is 1. The maximum absolute atomic E-state index is 4.80. The van der Waals surface area contributed by atoms with Crippen LogP contribution in [0.15, 0.2) is 0 Å². The van der Waals surface area contributed by atoms with E-state index in [9.17, 15) is 0 Å². The minimum Gasteiger partial charge on any atom is -0.359 e. The van der Waals surface area contributed by atoms with Crippen molar-refractivity contribution in [3.8, 4) is 0 Å². The van der Waals surface area contributed by atoms with Crippen LogP contribution in [-0.2, 0) is 0 Å². The van der Waals surface area contributed by atoms with E-state index in [0.29, 0.717) is 0 Å². The van der Waals surface area contributed by atoms with Crippen LogP contribution in [-0.4, -0.2) is 15.4 Å². The summed E-state index contributed by atoms with van der Waals surface area (Å²) in [5.41, 5.74) is 0. The van der Waals surface area contributed by atoms with E-state index in [-0.39, 0.29) is 5.37 Å². The first-order valence-electron chi connectivity index (χ1n) is 1.90. The molecule has 0 spiro atoms. The molecule has 0 aromatic carbocycles. The summed E-state index contributed by atoms with van der Waals surface area (Å²) in [6, 6.07) is 0. The van der Waals surface area contributed by atoms with Crippen LogP contribution in [0.4, 0.5) is 0 Å². The van der Waals surface area contributed by atoms with E-state index in [1.165, 1.54) is 0 Å². The molecule has 1 aliphatic rings. The van der Waals surface area contributed by atoms with Gasteiger partial charge in [-0.2, -0.15) is 12.6 Å². The molecule has 7 heavy (non-hydrogen) atoms. The average molecular weight is 151 g/mol. The predicted octanol–water partition coefficient (Wildman–Crippen LogP) is 0.864. The molecule has 0 aliphatic carbocycles. The van der Waals surface area contributed by atoms with Crippen LogP contribution < -0.4 is 5.32 Å². The Morgan fingerprint density at radius 3 is 2.86 bits per heavy atom. The fourth-order valence-electron chi connectivity index (χ4n) is 0.374. The number of rotatable bonds is 0. The second-order valence-electron chi connectivity index (χ2n) is 1.26. The van der Waals surface area contributed by atoms with Crippen LogP contribution in [0.3, 0.4) is 0 Å². The van der Waals surface area contributed by atoms with Crippen LogP contribution >= 0.6 is 36.6 Å². The zero-order chi connectivity index (χ0) is 5.28. The van der Waals surface area contributed by atoms with Gasteiger partial charge in [0.15, 0.2) is 0 Å². The third kappa shape index (κ3) is 1.51. The fourth-order valence-corrected chi connectivity index (χ4v) is 1.87. The normalized spacial score (nSPS) is 30.4. The molecular formula is C3H5NS3. The van der Waals surface area contributed by atoms with Gasteiger partial charge in [-0.25, -0.2) is 0 Å². The van der Waals surface area contributed by atoms with Gasteiger partial charge in [0.1, 0.15) is 4.32 Å². The van der Waals surface area contributed by atoms with Crippen molar-refractivity contribution in [2.24, 2.45) is 0 Å². The SMILES string of the molecule is S=C1NC(S)CS1. The van der Waals surface area contributed by atoms with E-state index in [1.807, 2.05) is 0 Å². The Labute approximate surface area is 57.7 Å². The Morgan fingerprint density at radius 2 is 2.71 bits per heavy atom. The predicted molar refractivity (Wildman–Crippen MR) is 41.0 cm³/mol. The van der Waals surface area contributed by atoms with Crippen LogP contribution in [0, 0.1) is 0 Å². The van der Waals surface area contributed by atoms with E-state index in [0.717, 1.165) is 10.1 Å². The molecule has 1 rings (SSSR count). The van der Waals surface area contributed by atoms with E-state index in [2.05, 4.69) is 17.9 Å². The Bertz CT molecular complexity index is 92.2.